The molecule has 0 aliphatic carbocycles. The summed E-state index contributed by atoms with van der Waals surface area (Å²) >= 11 is 0. The molecule has 0 atom stereocenters. The first-order chi connectivity index (χ1) is 4.83. The number of hydrogen-bond acceptors (Lipinski definition) is 2. The molecule has 0 bridgehead atoms. The van der Waals surface area contributed by atoms with Crippen molar-refractivity contribution >= 4 is 11.9 Å². The van der Waals surface area contributed by atoms with Gasteiger partial charge < -0.3 is 0 Å². The van der Waals surface area contributed by atoms with Crippen LogP contribution in [0, 0.1) is 0 Å². The van der Waals surface area contributed by atoms with Gasteiger partial charge in [0.15, 0.2) is 0 Å². The van der Waals surface area contributed by atoms with E-state index in [1.54, 1.807) is 0 Å². The summed E-state index contributed by atoms with van der Waals surface area (Å²) < 4.78 is 0. The zero-order valence-electron chi connectivity index (χ0n) is 6.46. The lowest BCUT2D eigenvalue weighted by Gasteiger charge is -1.93. The molecular formula is C8H12N2. The van der Waals surface area contributed by atoms with Crippen LogP contribution in [-0.4, -0.2) is 18.5 Å². The van der Waals surface area contributed by atoms with Crippen LogP contribution in [-0.2, 0) is 0 Å². The van der Waals surface area contributed by atoms with Gasteiger partial charge in [-0.05, 0) is 19.4 Å². The van der Waals surface area contributed by atoms with Gasteiger partial charge in [-0.15, -0.1) is 0 Å². The second-order valence-corrected chi connectivity index (χ2v) is 2.30. The Kier molecular flexibility index (Phi) is 2.37. The van der Waals surface area contributed by atoms with Crippen molar-refractivity contribution in [2.75, 3.05) is 6.54 Å². The van der Waals surface area contributed by atoms with Crippen molar-refractivity contribution in [3.05, 3.63) is 11.8 Å². The monoisotopic (exact) mass is 136 g/mol. The van der Waals surface area contributed by atoms with Gasteiger partial charge in [-0.3, -0.25) is 9.98 Å². The number of allylic oxidation sites excluding steroid dienone is 1. The minimum absolute atomic E-state index is 0.782. The Hall–Kier alpha value is -0.920. The molecule has 54 valence electrons. The van der Waals surface area contributed by atoms with Crippen LogP contribution in [0.15, 0.2) is 21.8 Å². The van der Waals surface area contributed by atoms with Crippen molar-refractivity contribution < 1.29 is 0 Å². The maximum Gasteiger partial charge on any atom is 0.0591 e. The van der Waals surface area contributed by atoms with Crippen LogP contribution >= 0.6 is 0 Å². The molecule has 0 fully saturated rings. The van der Waals surface area contributed by atoms with E-state index < -0.39 is 0 Å². The maximum absolute atomic E-state index is 4.32. The van der Waals surface area contributed by atoms with Crippen LogP contribution < -0.4 is 0 Å². The zero-order chi connectivity index (χ0) is 7.40. The Bertz CT molecular complexity index is 199. The van der Waals surface area contributed by atoms with Crippen LogP contribution in [0.2, 0.25) is 0 Å². The molecular weight excluding hydrogens is 124 g/mol. The van der Waals surface area contributed by atoms with E-state index in [1.807, 2.05) is 13.1 Å². The van der Waals surface area contributed by atoms with Crippen molar-refractivity contribution in [2.24, 2.45) is 9.98 Å². The van der Waals surface area contributed by atoms with Crippen LogP contribution in [0.5, 0.6) is 0 Å². The first kappa shape index (κ1) is 7.19. The molecule has 0 radical (unpaired) electrons. The van der Waals surface area contributed by atoms with Gasteiger partial charge in [0.2, 0.25) is 0 Å². The first-order valence-corrected chi connectivity index (χ1v) is 3.57. The number of nitrogens with zero attached hydrogens (tertiary/aromatic N) is 2. The Morgan fingerprint density at radius 2 is 2.40 bits per heavy atom. The summed E-state index contributed by atoms with van der Waals surface area (Å²) in [5.41, 5.74) is 2.15. The van der Waals surface area contributed by atoms with E-state index in [2.05, 4.69) is 23.0 Å². The zero-order valence-corrected chi connectivity index (χ0v) is 6.46. The van der Waals surface area contributed by atoms with Gasteiger partial charge in [-0.2, -0.15) is 0 Å². The van der Waals surface area contributed by atoms with Crippen LogP contribution in [0.1, 0.15) is 20.3 Å². The second-order valence-electron chi connectivity index (χ2n) is 2.30. The normalized spacial score (nSPS) is 17.8. The number of aliphatic imine (C=N–C) groups is 2. The molecule has 0 unspecified atom stereocenters. The Morgan fingerprint density at radius 3 is 3.10 bits per heavy atom. The minimum atomic E-state index is 0.782. The summed E-state index contributed by atoms with van der Waals surface area (Å²) in [6.07, 6.45) is 4.88. The van der Waals surface area contributed by atoms with E-state index in [-0.39, 0.29) is 0 Å². The van der Waals surface area contributed by atoms with Crippen molar-refractivity contribution in [1.82, 2.24) is 0 Å². The molecule has 0 aromatic heterocycles. The van der Waals surface area contributed by atoms with Gasteiger partial charge in [0.05, 0.1) is 12.3 Å². The quantitative estimate of drug-likeness (QED) is 0.525. The maximum atomic E-state index is 4.32. The highest BCUT2D eigenvalue weighted by Crippen LogP contribution is 2.04. The molecule has 1 aliphatic heterocycles. The lowest BCUT2D eigenvalue weighted by Crippen LogP contribution is -1.90. The molecule has 1 heterocycles. The van der Waals surface area contributed by atoms with Crippen molar-refractivity contribution in [3.8, 4) is 0 Å². The van der Waals surface area contributed by atoms with E-state index in [4.69, 9.17) is 0 Å². The lowest BCUT2D eigenvalue weighted by molar-refractivity contribution is 1.05. The Balaban J connectivity index is 2.77. The highest BCUT2D eigenvalue weighted by molar-refractivity contribution is 6.29. The third-order valence-electron chi connectivity index (χ3n) is 1.39. The molecule has 0 aromatic rings. The summed E-state index contributed by atoms with van der Waals surface area (Å²) in [5.74, 6) is 0. The second kappa shape index (κ2) is 3.30. The molecule has 1 aliphatic rings. The molecule has 0 aromatic carbocycles. The standard InChI is InChI=1S/C8H12N2/c1-3-8-4-5-9-6-7(2)10-8/h4,6H,3,5H2,1-2H3. The predicted molar refractivity (Wildman–Crippen MR) is 44.8 cm³/mol. The van der Waals surface area contributed by atoms with E-state index >= 15 is 0 Å². The van der Waals surface area contributed by atoms with E-state index in [0.29, 0.717) is 0 Å². The highest BCUT2D eigenvalue weighted by Gasteiger charge is 1.94. The molecule has 0 N–H and O–H groups in total. The third kappa shape index (κ3) is 1.79. The SMILES string of the molecule is CCC1=CCN=CC(C)=N1. The predicted octanol–water partition coefficient (Wildman–Crippen LogP) is 1.83. The summed E-state index contributed by atoms with van der Waals surface area (Å²) in [7, 11) is 0. The van der Waals surface area contributed by atoms with Crippen molar-refractivity contribution in [3.63, 3.8) is 0 Å². The summed E-state index contributed by atoms with van der Waals surface area (Å²) in [4.78, 5) is 8.44. The minimum Gasteiger partial charge on any atom is -0.287 e. The average Bonchev–Trinajstić information content (AvgIpc) is 2.13. The number of rotatable bonds is 1. The van der Waals surface area contributed by atoms with Crippen molar-refractivity contribution in [2.45, 2.75) is 20.3 Å². The molecule has 2 heteroatoms. The van der Waals surface area contributed by atoms with E-state index in [9.17, 15) is 0 Å². The van der Waals surface area contributed by atoms with Crippen LogP contribution in [0.3, 0.4) is 0 Å². The third-order valence-corrected chi connectivity index (χ3v) is 1.39. The van der Waals surface area contributed by atoms with Gasteiger partial charge in [0.25, 0.3) is 0 Å². The van der Waals surface area contributed by atoms with Crippen molar-refractivity contribution in [1.29, 1.82) is 0 Å². The fourth-order valence-corrected chi connectivity index (χ4v) is 0.867. The van der Waals surface area contributed by atoms with Gasteiger partial charge in [0.1, 0.15) is 0 Å². The largest absolute Gasteiger partial charge is 0.287 e. The van der Waals surface area contributed by atoms with E-state index in [1.165, 1.54) is 0 Å². The molecule has 0 spiro atoms. The summed E-state index contributed by atoms with van der Waals surface area (Å²) in [5, 5.41) is 0. The molecule has 10 heavy (non-hydrogen) atoms. The fourth-order valence-electron chi connectivity index (χ4n) is 0.867. The van der Waals surface area contributed by atoms with Gasteiger partial charge in [0, 0.05) is 11.9 Å². The molecule has 0 amide bonds. The highest BCUT2D eigenvalue weighted by atomic mass is 14.8. The van der Waals surface area contributed by atoms with E-state index in [0.717, 1.165) is 24.4 Å². The summed E-state index contributed by atoms with van der Waals surface area (Å²) in [6.45, 7) is 4.86. The van der Waals surface area contributed by atoms with Gasteiger partial charge >= 0.3 is 0 Å². The van der Waals surface area contributed by atoms with Crippen LogP contribution in [0.4, 0.5) is 0 Å². The molecule has 2 nitrogen and oxygen atoms in total. The smallest absolute Gasteiger partial charge is 0.0591 e. The molecule has 1 rings (SSSR count). The number of hydrogen-bond donors (Lipinski definition) is 0. The topological polar surface area (TPSA) is 24.7 Å². The molecule has 0 saturated heterocycles. The van der Waals surface area contributed by atoms with Gasteiger partial charge in [-0.25, -0.2) is 0 Å². The summed E-state index contributed by atoms with van der Waals surface area (Å²) in [6, 6.07) is 0. The fraction of sp³-hybridized carbons (Fsp3) is 0.500. The van der Waals surface area contributed by atoms with Crippen LogP contribution in [0.25, 0.3) is 0 Å². The average molecular weight is 136 g/mol. The Morgan fingerprint density at radius 1 is 1.60 bits per heavy atom. The molecule has 0 saturated carbocycles. The van der Waals surface area contributed by atoms with Gasteiger partial charge in [-0.1, -0.05) is 6.92 Å². The lowest BCUT2D eigenvalue weighted by atomic mass is 10.3. The first-order valence-electron chi connectivity index (χ1n) is 3.57. The Labute approximate surface area is 61.4 Å².